The second kappa shape index (κ2) is 37.3. The summed E-state index contributed by atoms with van der Waals surface area (Å²) >= 11 is 15.6. The number of fused-ring (bicyclic) bond motifs is 2. The number of hydrogen-bond acceptors (Lipinski definition) is 21. The minimum atomic E-state index is -1.00. The molecule has 0 saturated carbocycles. The molecule has 8 aromatic rings. The summed E-state index contributed by atoms with van der Waals surface area (Å²) in [5, 5.41) is 29.4. The number of halogens is 3. The van der Waals surface area contributed by atoms with Gasteiger partial charge >= 0.3 is 17.9 Å². The predicted molar refractivity (Wildman–Crippen MR) is 333 cm³/mol. The summed E-state index contributed by atoms with van der Waals surface area (Å²) in [4.78, 5) is 84.1. The van der Waals surface area contributed by atoms with Crippen molar-refractivity contribution >= 4 is 112 Å². The number of aromatic nitrogens is 12. The number of Topliss-reactive ketones (excluding diaryl/α,β-unsaturated/α-hetero) is 2. The van der Waals surface area contributed by atoms with Crippen molar-refractivity contribution in [1.29, 1.82) is 0 Å². The van der Waals surface area contributed by atoms with Gasteiger partial charge in [0.05, 0.1) is 38.6 Å². The number of thiophene rings is 2. The molecular formula is C57H63Cl3N14O11S2. The molecule has 5 N–H and O–H groups in total. The molecule has 2 aliphatic rings. The van der Waals surface area contributed by atoms with Gasteiger partial charge in [0.15, 0.2) is 11.6 Å². The van der Waals surface area contributed by atoms with Gasteiger partial charge in [-0.1, -0.05) is 30.6 Å². The topological polar surface area (TPSA) is 331 Å². The zero-order valence-corrected chi connectivity index (χ0v) is 50.9. The lowest BCUT2D eigenvalue weighted by Gasteiger charge is -2.11. The molecule has 0 bridgehead atoms. The number of nitrogens with two attached hydrogens (primary N) is 1. The van der Waals surface area contributed by atoms with Gasteiger partial charge in [-0.15, -0.1) is 41.5 Å². The van der Waals surface area contributed by atoms with E-state index in [0.29, 0.717) is 40.2 Å². The van der Waals surface area contributed by atoms with Crippen LogP contribution in [0.4, 0.5) is 0 Å². The van der Waals surface area contributed by atoms with Crippen molar-refractivity contribution < 1.29 is 52.8 Å². The highest BCUT2D eigenvalue weighted by atomic mass is 35.5. The first-order valence-electron chi connectivity index (χ1n) is 25.4. The SMILES string of the molecule is C.C#CC(=O)OC(C)C.CC(=O)c1ccc(-c2cc(Cl)c3c(c2)CC(CN)O3)s1.CC(=O)c1ccc(-c2cc(Cl)c3c(c2)CC(CNC(=O)/C=C/n2cncn2)O3)s1.CC(C)OC(=O)/C=C/n1cncn1.Cl.O=C(O)/C=C/n1cncn1.c1nc[nH]n1. The van der Waals surface area contributed by atoms with Gasteiger partial charge in [-0.05, 0) is 101 Å². The van der Waals surface area contributed by atoms with Gasteiger partial charge in [-0.25, -0.2) is 48.4 Å². The lowest BCUT2D eigenvalue weighted by Crippen LogP contribution is -2.33. The van der Waals surface area contributed by atoms with Crippen LogP contribution in [0, 0.1) is 12.3 Å². The van der Waals surface area contributed by atoms with Crippen LogP contribution in [0.3, 0.4) is 0 Å². The maximum atomic E-state index is 12.0. The second-order valence-corrected chi connectivity index (χ2v) is 20.8. The van der Waals surface area contributed by atoms with Crippen LogP contribution in [0.1, 0.15) is 79.4 Å². The Hall–Kier alpha value is -9.17. The molecule has 0 aliphatic carbocycles. The molecule has 8 heterocycles. The van der Waals surface area contributed by atoms with Crippen LogP contribution in [-0.4, -0.2) is 137 Å². The number of amides is 1. The Morgan fingerprint density at radius 3 is 1.57 bits per heavy atom. The van der Waals surface area contributed by atoms with Crippen molar-refractivity contribution in [3.63, 3.8) is 0 Å². The molecule has 87 heavy (non-hydrogen) atoms. The average molecular weight is 1290 g/mol. The molecule has 2 unspecified atom stereocenters. The number of H-pyrrole nitrogens is 1. The number of carboxylic acid groups (broad SMARTS) is 1. The number of nitrogens with zero attached hydrogens (tertiary/aromatic N) is 11. The van der Waals surface area contributed by atoms with Crippen LogP contribution in [0.5, 0.6) is 11.5 Å². The number of carbonyl (C=O) groups excluding carboxylic acids is 5. The summed E-state index contributed by atoms with van der Waals surface area (Å²) in [5.41, 5.74) is 9.69. The van der Waals surface area contributed by atoms with Gasteiger partial charge < -0.3 is 35.1 Å². The smallest absolute Gasteiger partial charge is 0.384 e. The molecule has 2 aliphatic heterocycles. The van der Waals surface area contributed by atoms with Gasteiger partial charge in [0.2, 0.25) is 5.91 Å². The molecule has 0 spiro atoms. The van der Waals surface area contributed by atoms with Crippen LogP contribution >= 0.6 is 58.3 Å². The first-order chi connectivity index (χ1) is 40.7. The molecular weight excluding hydrogens is 1230 g/mol. The quantitative estimate of drug-likeness (QED) is 0.0244. The third kappa shape index (κ3) is 25.1. The predicted octanol–water partition coefficient (Wildman–Crippen LogP) is 8.95. The molecule has 30 heteroatoms. The lowest BCUT2D eigenvalue weighted by atomic mass is 10.1. The number of aromatic amines is 1. The summed E-state index contributed by atoms with van der Waals surface area (Å²) in [6.07, 6.45) is 25.1. The molecule has 0 saturated heterocycles. The Kier molecular flexibility index (Phi) is 30.9. The first kappa shape index (κ1) is 72.1. The van der Waals surface area contributed by atoms with E-state index >= 15 is 0 Å². The number of hydrogen-bond donors (Lipinski definition) is 4. The van der Waals surface area contributed by atoms with Crippen molar-refractivity contribution in [2.24, 2.45) is 5.73 Å². The van der Waals surface area contributed by atoms with E-state index in [4.69, 9.17) is 54.7 Å². The van der Waals surface area contributed by atoms with E-state index in [1.165, 1.54) is 118 Å². The zero-order valence-electron chi connectivity index (χ0n) is 46.9. The number of benzene rings is 2. The third-order valence-corrected chi connectivity index (χ3v) is 13.5. The fourth-order valence-electron chi connectivity index (χ4n) is 6.93. The van der Waals surface area contributed by atoms with Crippen molar-refractivity contribution in [2.45, 2.75) is 86.2 Å². The van der Waals surface area contributed by atoms with Gasteiger partial charge in [-0.2, -0.15) is 20.4 Å². The van der Waals surface area contributed by atoms with Crippen LogP contribution in [-0.2, 0) is 41.5 Å². The van der Waals surface area contributed by atoms with E-state index in [9.17, 15) is 28.8 Å². The van der Waals surface area contributed by atoms with Gasteiger partial charge in [0, 0.05) is 83.0 Å². The minimum Gasteiger partial charge on any atom is -0.487 e. The second-order valence-electron chi connectivity index (χ2n) is 17.8. The van der Waals surface area contributed by atoms with Gasteiger partial charge in [0.1, 0.15) is 74.3 Å². The molecule has 10 rings (SSSR count). The number of ether oxygens (including phenoxy) is 4. The molecule has 0 radical (unpaired) electrons. The number of carbonyl (C=O) groups is 6. The normalized spacial score (nSPS) is 13.0. The number of esters is 2. The number of terminal acetylenes is 1. The number of nitrogens with one attached hydrogen (secondary N) is 2. The van der Waals surface area contributed by atoms with Crippen molar-refractivity contribution in [1.82, 2.24) is 64.8 Å². The van der Waals surface area contributed by atoms with Crippen molar-refractivity contribution in [3.8, 4) is 44.7 Å². The molecule has 1 amide bonds. The molecule has 460 valence electrons. The monoisotopic (exact) mass is 1290 g/mol. The third-order valence-electron chi connectivity index (χ3n) is 10.5. The highest BCUT2D eigenvalue weighted by Gasteiger charge is 2.27. The lowest BCUT2D eigenvalue weighted by molar-refractivity contribution is -0.141. The molecule has 6 aromatic heterocycles. The van der Waals surface area contributed by atoms with Gasteiger partial charge in [0.25, 0.3) is 0 Å². The van der Waals surface area contributed by atoms with Crippen LogP contribution in [0.2, 0.25) is 10.0 Å². The number of ketones is 2. The largest absolute Gasteiger partial charge is 0.487 e. The Morgan fingerprint density at radius 2 is 1.21 bits per heavy atom. The fourth-order valence-corrected chi connectivity index (χ4v) is 9.28. The fraction of sp³-hybridized carbons (Fsp3) is 0.263. The summed E-state index contributed by atoms with van der Waals surface area (Å²) < 4.78 is 25.2. The number of aliphatic carboxylic acids is 1. The van der Waals surface area contributed by atoms with Crippen LogP contribution in [0.25, 0.3) is 39.5 Å². The molecule has 0 fully saturated rings. The summed E-state index contributed by atoms with van der Waals surface area (Å²) in [6, 6.07) is 15.4. The Bertz CT molecular complexity index is 3560. The Labute approximate surface area is 525 Å². The Balaban J connectivity index is 0.000000297. The average Bonchev–Trinajstić information content (AvgIpc) is 1.93. The van der Waals surface area contributed by atoms with E-state index in [0.717, 1.165) is 55.1 Å². The van der Waals surface area contributed by atoms with Gasteiger partial charge in [-0.3, -0.25) is 19.5 Å². The molecule has 25 nitrogen and oxygen atoms in total. The van der Waals surface area contributed by atoms with E-state index in [1.807, 2.05) is 48.4 Å². The number of carboxylic acids is 1. The maximum Gasteiger partial charge on any atom is 0.384 e. The summed E-state index contributed by atoms with van der Waals surface area (Å²) in [5.74, 6) is 1.13. The summed E-state index contributed by atoms with van der Waals surface area (Å²) in [6.45, 7) is 11.0. The van der Waals surface area contributed by atoms with E-state index in [-0.39, 0.29) is 67.7 Å². The van der Waals surface area contributed by atoms with E-state index in [2.05, 4.69) is 61.5 Å². The molecule has 2 atom stereocenters. The highest BCUT2D eigenvalue weighted by molar-refractivity contribution is 7.17. The summed E-state index contributed by atoms with van der Waals surface area (Å²) in [7, 11) is 0. The Morgan fingerprint density at radius 1 is 0.736 bits per heavy atom. The maximum absolute atomic E-state index is 12.0. The van der Waals surface area contributed by atoms with Crippen molar-refractivity contribution in [2.75, 3.05) is 13.1 Å². The zero-order chi connectivity index (χ0) is 61.8. The first-order valence-corrected chi connectivity index (χ1v) is 27.7. The molecule has 2 aromatic carbocycles. The minimum absolute atomic E-state index is 0. The van der Waals surface area contributed by atoms with Crippen LogP contribution < -0.4 is 20.5 Å². The van der Waals surface area contributed by atoms with Crippen molar-refractivity contribution in [3.05, 3.63) is 148 Å². The van der Waals surface area contributed by atoms with E-state index < -0.39 is 11.9 Å². The number of rotatable bonds is 15. The standard InChI is InChI=1S/C20H17ClN4O3S.C15H14ClNO2S.C8H11N3O2.C6H8O2.C5H5N3O2.C2H3N3.CH4.ClH/c1-12(26)17-2-3-18(29-17)13-6-14-7-15(28-20(14)16(21)8-13)9-23-19(27)4-5-25-11-22-10-24-25;1-8(18)13-2-3-14(20-13)9-4-10-5-11(7-17)19-15(10)12(16)6-9;1-7(2)13-8(12)3-4-11-6-9-5-10-11;1-4-6(7)8-5(2)3;9-5(10)1-2-8-4-6-3-7-8;1-3-2-5-4-1;;/h2-6,8,10-11,15H,7,9H2,1H3,(H,23,27);2-4,6,11H,5,7,17H2,1H3;3-7H,1-2H3;1,5H,2-3H3;1-4H,(H,9,10);1-2H,(H,3,4,5);1H4;1H/b5-4+;;4-3+;;2-1+;;;. The highest BCUT2D eigenvalue weighted by Crippen LogP contribution is 2.42. The van der Waals surface area contributed by atoms with Crippen LogP contribution in [0.15, 0.2) is 117 Å². The van der Waals surface area contributed by atoms with E-state index in [1.54, 1.807) is 41.5 Å².